The summed E-state index contributed by atoms with van der Waals surface area (Å²) in [6, 6.07) is 10.9. The van der Waals surface area contributed by atoms with Crippen LogP contribution >= 0.6 is 22.6 Å². The normalized spacial score (nSPS) is 15.3. The minimum Gasteiger partial charge on any atom is -0.493 e. The molecular weight excluding hydrogens is 459 g/mol. The van der Waals surface area contributed by atoms with E-state index in [1.165, 1.54) is 4.90 Å². The van der Waals surface area contributed by atoms with Crippen molar-refractivity contribution < 1.29 is 19.1 Å². The summed E-state index contributed by atoms with van der Waals surface area (Å²) in [4.78, 5) is 26.2. The smallest absolute Gasteiger partial charge is 0.329 e. The van der Waals surface area contributed by atoms with Gasteiger partial charge in [-0.05, 0) is 58.9 Å². The number of hydrogen-bond donors (Lipinski definition) is 1. The van der Waals surface area contributed by atoms with Crippen molar-refractivity contribution in [2.75, 3.05) is 14.2 Å². The molecule has 2 aromatic carbocycles. The monoisotopic (exact) mass is 478 g/mol. The second-order valence-electron chi connectivity index (χ2n) is 6.11. The Kier molecular flexibility index (Phi) is 5.69. The van der Waals surface area contributed by atoms with Crippen molar-refractivity contribution in [2.24, 2.45) is 0 Å². The summed E-state index contributed by atoms with van der Waals surface area (Å²) in [7, 11) is 3.12. The van der Waals surface area contributed by atoms with Crippen LogP contribution < -0.4 is 14.8 Å². The highest BCUT2D eigenvalue weighted by molar-refractivity contribution is 14.1. The Morgan fingerprint density at radius 1 is 1.15 bits per heavy atom. The second kappa shape index (κ2) is 7.99. The van der Waals surface area contributed by atoms with Crippen LogP contribution in [0.3, 0.4) is 0 Å². The lowest BCUT2D eigenvalue weighted by Crippen LogP contribution is -2.30. The van der Waals surface area contributed by atoms with Gasteiger partial charge in [0.2, 0.25) is 0 Å². The molecule has 2 aromatic rings. The van der Waals surface area contributed by atoms with Crippen LogP contribution in [0.4, 0.5) is 4.79 Å². The van der Waals surface area contributed by atoms with Gasteiger partial charge in [-0.1, -0.05) is 29.8 Å². The van der Waals surface area contributed by atoms with Crippen molar-refractivity contribution in [1.82, 2.24) is 10.2 Å². The Balaban J connectivity index is 1.87. The number of methoxy groups -OCH3 is 2. The summed E-state index contributed by atoms with van der Waals surface area (Å²) in [6.07, 6.45) is 1.64. The van der Waals surface area contributed by atoms with Crippen molar-refractivity contribution in [3.8, 4) is 11.5 Å². The van der Waals surface area contributed by atoms with Crippen LogP contribution in [0.5, 0.6) is 11.5 Å². The molecule has 1 N–H and O–H groups in total. The highest BCUT2D eigenvalue weighted by Crippen LogP contribution is 2.34. The maximum Gasteiger partial charge on any atom is 0.329 e. The quantitative estimate of drug-likeness (QED) is 0.405. The first-order valence-corrected chi connectivity index (χ1v) is 9.32. The van der Waals surface area contributed by atoms with Crippen LogP contribution in [0.1, 0.15) is 16.7 Å². The fourth-order valence-electron chi connectivity index (χ4n) is 2.90. The zero-order valence-electron chi connectivity index (χ0n) is 15.2. The molecule has 7 heteroatoms. The predicted molar refractivity (Wildman–Crippen MR) is 111 cm³/mol. The van der Waals surface area contributed by atoms with Gasteiger partial charge in [-0.25, -0.2) is 4.79 Å². The zero-order valence-corrected chi connectivity index (χ0v) is 17.4. The van der Waals surface area contributed by atoms with E-state index in [0.717, 1.165) is 20.3 Å². The molecule has 140 valence electrons. The summed E-state index contributed by atoms with van der Waals surface area (Å²) in [5.41, 5.74) is 2.95. The van der Waals surface area contributed by atoms with Gasteiger partial charge in [-0.15, -0.1) is 0 Å². The summed E-state index contributed by atoms with van der Waals surface area (Å²) in [5, 5.41) is 2.65. The number of aryl methyl sites for hydroxylation is 1. The molecule has 1 heterocycles. The molecule has 27 heavy (non-hydrogen) atoms. The molecule has 0 saturated carbocycles. The largest absolute Gasteiger partial charge is 0.493 e. The molecule has 1 aliphatic heterocycles. The number of benzene rings is 2. The van der Waals surface area contributed by atoms with Crippen molar-refractivity contribution in [3.05, 3.63) is 62.4 Å². The minimum absolute atomic E-state index is 0.229. The number of nitrogens with zero attached hydrogens (tertiary/aromatic N) is 1. The van der Waals surface area contributed by atoms with E-state index >= 15 is 0 Å². The topological polar surface area (TPSA) is 67.9 Å². The first kappa shape index (κ1) is 19.2. The van der Waals surface area contributed by atoms with Gasteiger partial charge < -0.3 is 14.8 Å². The third-order valence-corrected chi connectivity index (χ3v) is 4.95. The lowest BCUT2D eigenvalue weighted by Gasteiger charge is -2.12. The van der Waals surface area contributed by atoms with E-state index in [1.807, 2.05) is 37.3 Å². The van der Waals surface area contributed by atoms with E-state index in [0.29, 0.717) is 11.5 Å². The van der Waals surface area contributed by atoms with Gasteiger partial charge in [0.25, 0.3) is 5.91 Å². The van der Waals surface area contributed by atoms with Crippen molar-refractivity contribution in [3.63, 3.8) is 0 Å². The van der Waals surface area contributed by atoms with Gasteiger partial charge in [0.15, 0.2) is 11.5 Å². The van der Waals surface area contributed by atoms with Crippen LogP contribution in [0.15, 0.2) is 42.1 Å². The van der Waals surface area contributed by atoms with E-state index in [1.54, 1.807) is 26.4 Å². The average Bonchev–Trinajstić information content (AvgIpc) is 2.88. The number of imide groups is 1. The van der Waals surface area contributed by atoms with E-state index in [4.69, 9.17) is 9.47 Å². The van der Waals surface area contributed by atoms with Crippen LogP contribution in [0.2, 0.25) is 0 Å². The molecule has 0 aromatic heterocycles. The van der Waals surface area contributed by atoms with Gasteiger partial charge in [-0.3, -0.25) is 9.69 Å². The lowest BCUT2D eigenvalue weighted by molar-refractivity contribution is -0.123. The van der Waals surface area contributed by atoms with Crippen LogP contribution in [0.25, 0.3) is 6.08 Å². The Morgan fingerprint density at radius 3 is 2.59 bits per heavy atom. The molecule has 0 radical (unpaired) electrons. The number of nitrogens with one attached hydrogen (secondary N) is 1. The number of halogens is 1. The number of hydrogen-bond acceptors (Lipinski definition) is 4. The third kappa shape index (κ3) is 4.08. The van der Waals surface area contributed by atoms with Gasteiger partial charge in [-0.2, -0.15) is 0 Å². The maximum absolute atomic E-state index is 12.7. The molecule has 0 unspecified atom stereocenters. The summed E-state index contributed by atoms with van der Waals surface area (Å²) in [5.74, 6) is 0.832. The van der Waals surface area contributed by atoms with Crippen molar-refractivity contribution in [2.45, 2.75) is 13.5 Å². The molecule has 1 aliphatic rings. The highest BCUT2D eigenvalue weighted by Gasteiger charge is 2.33. The van der Waals surface area contributed by atoms with E-state index in [9.17, 15) is 9.59 Å². The molecule has 3 rings (SSSR count). The SMILES string of the molecule is COc1cc(/C=C2/NC(=O)N(Cc3cccc(C)c3)C2=O)cc(I)c1OC. The number of rotatable bonds is 5. The van der Waals surface area contributed by atoms with Gasteiger partial charge in [0.1, 0.15) is 5.70 Å². The molecule has 3 amide bonds. The summed E-state index contributed by atoms with van der Waals surface area (Å²) in [6.45, 7) is 2.20. The van der Waals surface area contributed by atoms with Crippen molar-refractivity contribution in [1.29, 1.82) is 0 Å². The standard InChI is InChI=1S/C20H19IN2O4/c1-12-5-4-6-13(7-12)11-23-19(24)16(22-20(23)25)9-14-8-15(21)18(27-3)17(10-14)26-2/h4-10H,11H2,1-3H3,(H,22,25)/b16-9+. The van der Waals surface area contributed by atoms with E-state index in [2.05, 4.69) is 27.9 Å². The molecular formula is C20H19IN2O4. The molecule has 1 fully saturated rings. The zero-order chi connectivity index (χ0) is 19.6. The number of ether oxygens (including phenoxy) is 2. The predicted octanol–water partition coefficient (Wildman–Crippen LogP) is 3.71. The van der Waals surface area contributed by atoms with Crippen LogP contribution in [-0.4, -0.2) is 31.1 Å². The van der Waals surface area contributed by atoms with Crippen LogP contribution in [0, 0.1) is 10.5 Å². The first-order valence-electron chi connectivity index (χ1n) is 8.24. The maximum atomic E-state index is 12.7. The summed E-state index contributed by atoms with van der Waals surface area (Å²) < 4.78 is 11.5. The van der Waals surface area contributed by atoms with E-state index < -0.39 is 6.03 Å². The molecule has 6 nitrogen and oxygen atoms in total. The number of carbonyl (C=O) groups excluding carboxylic acids is 2. The molecule has 0 spiro atoms. The first-order chi connectivity index (χ1) is 12.9. The Bertz CT molecular complexity index is 940. The van der Waals surface area contributed by atoms with E-state index in [-0.39, 0.29) is 18.1 Å². The molecule has 0 atom stereocenters. The number of urea groups is 1. The third-order valence-electron chi connectivity index (χ3n) is 4.15. The fraction of sp³-hybridized carbons (Fsp3) is 0.200. The van der Waals surface area contributed by atoms with Crippen molar-refractivity contribution >= 4 is 40.6 Å². The van der Waals surface area contributed by atoms with Gasteiger partial charge >= 0.3 is 6.03 Å². The Morgan fingerprint density at radius 2 is 1.93 bits per heavy atom. The van der Waals surface area contributed by atoms with Crippen LogP contribution in [-0.2, 0) is 11.3 Å². The average molecular weight is 478 g/mol. The Hall–Kier alpha value is -2.55. The molecule has 1 saturated heterocycles. The Labute approximate surface area is 171 Å². The van der Waals surface area contributed by atoms with Gasteiger partial charge in [0.05, 0.1) is 24.3 Å². The molecule has 0 aliphatic carbocycles. The highest BCUT2D eigenvalue weighted by atomic mass is 127. The van der Waals surface area contributed by atoms with Gasteiger partial charge in [0, 0.05) is 0 Å². The minimum atomic E-state index is -0.428. The fourth-order valence-corrected chi connectivity index (χ4v) is 3.74. The summed E-state index contributed by atoms with van der Waals surface area (Å²) >= 11 is 2.14. The lowest BCUT2D eigenvalue weighted by atomic mass is 10.1. The number of amides is 3. The molecule has 0 bridgehead atoms. The number of carbonyl (C=O) groups is 2. The second-order valence-corrected chi connectivity index (χ2v) is 7.27.